The predicted molar refractivity (Wildman–Crippen MR) is 150 cm³/mol. The summed E-state index contributed by atoms with van der Waals surface area (Å²) in [4.78, 5) is 31.2. The lowest BCUT2D eigenvalue weighted by Crippen LogP contribution is -2.47. The lowest BCUT2D eigenvalue weighted by molar-refractivity contribution is -0.114. The number of carbonyl (C=O) groups is 2. The first-order valence-electron chi connectivity index (χ1n) is 13.3. The van der Waals surface area contributed by atoms with Gasteiger partial charge in [-0.2, -0.15) is 0 Å². The highest BCUT2D eigenvalue weighted by Gasteiger charge is 2.27. The van der Waals surface area contributed by atoms with Crippen LogP contribution in [0.4, 0.5) is 5.69 Å². The summed E-state index contributed by atoms with van der Waals surface area (Å²) in [6.45, 7) is 11.8. The van der Waals surface area contributed by atoms with Crippen molar-refractivity contribution < 1.29 is 9.59 Å². The molecule has 0 saturated carbocycles. The lowest BCUT2D eigenvalue weighted by Gasteiger charge is -2.40. The Morgan fingerprint density at radius 1 is 0.811 bits per heavy atom. The molecule has 194 valence electrons. The number of rotatable bonds is 9. The second kappa shape index (κ2) is 12.7. The summed E-state index contributed by atoms with van der Waals surface area (Å²) in [5.41, 5.74) is 5.20. The third-order valence-electron chi connectivity index (χ3n) is 7.09. The molecule has 4 rings (SSSR count). The largest absolute Gasteiger partial charge is 0.339 e. The molecule has 1 saturated heterocycles. The summed E-state index contributed by atoms with van der Waals surface area (Å²) in [5, 5.41) is 2.86. The van der Waals surface area contributed by atoms with Gasteiger partial charge in [0.25, 0.3) is 5.91 Å². The van der Waals surface area contributed by atoms with Gasteiger partial charge in [-0.25, -0.2) is 0 Å². The Kier molecular flexibility index (Phi) is 9.09. The molecule has 37 heavy (non-hydrogen) atoms. The fourth-order valence-corrected chi connectivity index (χ4v) is 5.09. The maximum Gasteiger partial charge on any atom is 0.253 e. The Morgan fingerprint density at radius 2 is 1.38 bits per heavy atom. The number of carbonyl (C=O) groups excluding carboxylic acids is 2. The molecule has 3 aromatic carbocycles. The lowest BCUT2D eigenvalue weighted by atomic mass is 9.95. The maximum absolute atomic E-state index is 12.8. The third-order valence-corrected chi connectivity index (χ3v) is 7.09. The van der Waals surface area contributed by atoms with E-state index in [1.807, 2.05) is 43.0 Å². The first-order valence-corrected chi connectivity index (χ1v) is 13.3. The second-order valence-corrected chi connectivity index (χ2v) is 9.60. The highest BCUT2D eigenvalue weighted by atomic mass is 16.2. The molecule has 6 heteroatoms. The number of benzene rings is 3. The smallest absolute Gasteiger partial charge is 0.253 e. The Morgan fingerprint density at radius 3 is 1.92 bits per heavy atom. The summed E-state index contributed by atoms with van der Waals surface area (Å²) in [6, 6.07) is 26.9. The molecule has 0 aromatic heterocycles. The highest BCUT2D eigenvalue weighted by molar-refractivity contribution is 5.94. The Labute approximate surface area is 220 Å². The molecule has 1 atom stereocenters. The van der Waals surface area contributed by atoms with E-state index < -0.39 is 0 Å². The Balaban J connectivity index is 1.55. The van der Waals surface area contributed by atoms with Crippen LogP contribution >= 0.6 is 0 Å². The molecule has 1 aliphatic rings. The SMILES string of the molecule is CCN(CC)C(=O)c1ccc(C(c2ccc(NC(C)=O)cc2)N2CCN(Cc3ccccc3)CC2)cc1. The molecule has 0 bridgehead atoms. The third kappa shape index (κ3) is 6.85. The average Bonchev–Trinajstić information content (AvgIpc) is 2.92. The van der Waals surface area contributed by atoms with E-state index in [4.69, 9.17) is 0 Å². The zero-order chi connectivity index (χ0) is 26.2. The van der Waals surface area contributed by atoms with Crippen molar-refractivity contribution in [1.82, 2.24) is 14.7 Å². The molecule has 3 aromatic rings. The highest BCUT2D eigenvalue weighted by Crippen LogP contribution is 2.31. The topological polar surface area (TPSA) is 55.9 Å². The van der Waals surface area contributed by atoms with E-state index in [2.05, 4.69) is 69.7 Å². The van der Waals surface area contributed by atoms with Crippen LogP contribution < -0.4 is 5.32 Å². The number of nitrogens with one attached hydrogen (secondary N) is 1. The molecule has 0 radical (unpaired) electrons. The van der Waals surface area contributed by atoms with Gasteiger partial charge in [-0.3, -0.25) is 19.4 Å². The number of amides is 2. The molecule has 1 heterocycles. The van der Waals surface area contributed by atoms with Gasteiger partial charge in [0.2, 0.25) is 5.91 Å². The Hall–Kier alpha value is -3.48. The van der Waals surface area contributed by atoms with E-state index in [0.717, 1.165) is 44.0 Å². The molecule has 1 N–H and O–H groups in total. The normalized spacial score (nSPS) is 15.2. The van der Waals surface area contributed by atoms with Crippen LogP contribution in [0.3, 0.4) is 0 Å². The van der Waals surface area contributed by atoms with Crippen LogP contribution in [0.15, 0.2) is 78.9 Å². The van der Waals surface area contributed by atoms with Crippen LogP contribution in [0.5, 0.6) is 0 Å². The molecule has 1 unspecified atom stereocenters. The average molecular weight is 499 g/mol. The van der Waals surface area contributed by atoms with Crippen molar-refractivity contribution in [3.8, 4) is 0 Å². The van der Waals surface area contributed by atoms with Crippen LogP contribution in [0.25, 0.3) is 0 Å². The van der Waals surface area contributed by atoms with E-state index in [1.165, 1.54) is 23.6 Å². The summed E-state index contributed by atoms with van der Waals surface area (Å²) in [6.07, 6.45) is 0. The van der Waals surface area contributed by atoms with Crippen molar-refractivity contribution in [2.75, 3.05) is 44.6 Å². The predicted octanol–water partition coefficient (Wildman–Crippen LogP) is 5.03. The Bertz CT molecular complexity index is 1150. The summed E-state index contributed by atoms with van der Waals surface area (Å²) in [7, 11) is 0. The van der Waals surface area contributed by atoms with Gasteiger partial charge in [-0.05, 0) is 54.8 Å². The van der Waals surface area contributed by atoms with Crippen molar-refractivity contribution >= 4 is 17.5 Å². The van der Waals surface area contributed by atoms with E-state index in [-0.39, 0.29) is 17.9 Å². The molecule has 6 nitrogen and oxygen atoms in total. The van der Waals surface area contributed by atoms with Crippen LogP contribution in [0, 0.1) is 0 Å². The molecule has 0 spiro atoms. The van der Waals surface area contributed by atoms with Crippen molar-refractivity contribution in [1.29, 1.82) is 0 Å². The van der Waals surface area contributed by atoms with Crippen LogP contribution in [0.1, 0.15) is 53.9 Å². The summed E-state index contributed by atoms with van der Waals surface area (Å²) < 4.78 is 0. The minimum Gasteiger partial charge on any atom is -0.339 e. The first kappa shape index (κ1) is 26.6. The molecular formula is C31H38N4O2. The molecule has 0 aliphatic carbocycles. The minimum atomic E-state index is -0.0766. The second-order valence-electron chi connectivity index (χ2n) is 9.60. The number of nitrogens with zero attached hydrogens (tertiary/aromatic N) is 3. The maximum atomic E-state index is 12.8. The zero-order valence-corrected chi connectivity index (χ0v) is 22.2. The first-order chi connectivity index (χ1) is 18.0. The number of hydrogen-bond donors (Lipinski definition) is 1. The zero-order valence-electron chi connectivity index (χ0n) is 22.2. The van der Waals surface area contributed by atoms with E-state index in [1.54, 1.807) is 0 Å². The molecule has 2 amide bonds. The van der Waals surface area contributed by atoms with Crippen LogP contribution in [0.2, 0.25) is 0 Å². The van der Waals surface area contributed by atoms with Gasteiger partial charge in [-0.1, -0.05) is 54.6 Å². The van der Waals surface area contributed by atoms with Gasteiger partial charge in [0.1, 0.15) is 0 Å². The fourth-order valence-electron chi connectivity index (χ4n) is 5.09. The van der Waals surface area contributed by atoms with Gasteiger partial charge in [-0.15, -0.1) is 0 Å². The van der Waals surface area contributed by atoms with E-state index in [9.17, 15) is 9.59 Å². The van der Waals surface area contributed by atoms with Crippen molar-refractivity contribution in [3.05, 3.63) is 101 Å². The minimum absolute atomic E-state index is 0.0716. The quantitative estimate of drug-likeness (QED) is 0.449. The molecule has 1 aliphatic heterocycles. The van der Waals surface area contributed by atoms with Gasteiger partial charge in [0.05, 0.1) is 6.04 Å². The number of piperazine rings is 1. The van der Waals surface area contributed by atoms with E-state index in [0.29, 0.717) is 13.1 Å². The van der Waals surface area contributed by atoms with Crippen LogP contribution in [-0.4, -0.2) is 65.8 Å². The van der Waals surface area contributed by atoms with Gasteiger partial charge >= 0.3 is 0 Å². The molecule has 1 fully saturated rings. The van der Waals surface area contributed by atoms with Crippen molar-refractivity contribution in [2.45, 2.75) is 33.4 Å². The van der Waals surface area contributed by atoms with Gasteiger partial charge in [0.15, 0.2) is 0 Å². The van der Waals surface area contributed by atoms with E-state index >= 15 is 0 Å². The monoisotopic (exact) mass is 498 g/mol. The van der Waals surface area contributed by atoms with Crippen molar-refractivity contribution in [3.63, 3.8) is 0 Å². The van der Waals surface area contributed by atoms with Crippen LogP contribution in [-0.2, 0) is 11.3 Å². The molecular weight excluding hydrogens is 460 g/mol. The standard InChI is InChI=1S/C31H38N4O2/c1-4-34(5-2)31(37)28-13-11-26(12-14-28)30(27-15-17-29(18-16-27)32-24(3)36)35-21-19-33(20-22-35)23-25-9-7-6-8-10-25/h6-18,30H,4-5,19-23H2,1-3H3,(H,32,36). The summed E-state index contributed by atoms with van der Waals surface area (Å²) >= 11 is 0. The fraction of sp³-hybridized carbons (Fsp3) is 0.355. The summed E-state index contributed by atoms with van der Waals surface area (Å²) in [5.74, 6) is -0.00502. The number of anilines is 1. The number of hydrogen-bond acceptors (Lipinski definition) is 4. The van der Waals surface area contributed by atoms with Gasteiger partial charge < -0.3 is 10.2 Å². The van der Waals surface area contributed by atoms with Crippen molar-refractivity contribution in [2.24, 2.45) is 0 Å². The van der Waals surface area contributed by atoms with Gasteiger partial charge in [0, 0.05) is 64.0 Å².